The summed E-state index contributed by atoms with van der Waals surface area (Å²) in [6, 6.07) is 42.8. The first-order valence-corrected chi connectivity index (χ1v) is 20.8. The summed E-state index contributed by atoms with van der Waals surface area (Å²) < 4.78 is 13.5. The van der Waals surface area contributed by atoms with Crippen LogP contribution in [0.5, 0.6) is 5.75 Å². The summed E-state index contributed by atoms with van der Waals surface area (Å²) in [7, 11) is 1.96. The van der Waals surface area contributed by atoms with Crippen LogP contribution in [0.25, 0.3) is 11.3 Å². The molecule has 5 aromatic carbocycles. The van der Waals surface area contributed by atoms with E-state index in [0.717, 1.165) is 71.1 Å². The first kappa shape index (κ1) is 39.0. The summed E-state index contributed by atoms with van der Waals surface area (Å²) in [4.78, 5) is 51.7. The fraction of sp³-hybridized carbons (Fsp3) is 0.260. The molecule has 3 amide bonds. The first-order chi connectivity index (χ1) is 29.3. The Morgan fingerprint density at radius 3 is 2.02 bits per heavy atom. The molecule has 10 nitrogen and oxygen atoms in total. The van der Waals surface area contributed by atoms with Gasteiger partial charge in [0.25, 0.3) is 11.8 Å². The number of benzene rings is 5. The van der Waals surface area contributed by atoms with Crippen LogP contribution >= 0.6 is 0 Å². The van der Waals surface area contributed by atoms with Crippen molar-refractivity contribution in [2.24, 2.45) is 7.05 Å². The van der Waals surface area contributed by atoms with Crippen LogP contribution in [0.2, 0.25) is 0 Å². The lowest BCUT2D eigenvalue weighted by Gasteiger charge is -2.41. The largest absolute Gasteiger partial charge is 0.415 e. The minimum atomic E-state index is -0.426. The van der Waals surface area contributed by atoms with Gasteiger partial charge in [-0.1, -0.05) is 78.9 Å². The van der Waals surface area contributed by atoms with Gasteiger partial charge in [-0.05, 0) is 96.6 Å². The molecule has 1 atom stereocenters. The highest BCUT2D eigenvalue weighted by Crippen LogP contribution is 2.37. The normalized spacial score (nSPS) is 16.5. The maximum atomic E-state index is 15.5. The third kappa shape index (κ3) is 7.84. The Labute approximate surface area is 351 Å². The molecule has 4 heterocycles. The minimum Gasteiger partial charge on any atom is -0.410 e. The number of hydrogen-bond donors (Lipinski definition) is 0. The molecule has 0 spiro atoms. The average Bonchev–Trinajstić information content (AvgIpc) is 3.59. The zero-order valence-electron chi connectivity index (χ0n) is 34.1. The number of amides is 3. The van der Waals surface area contributed by atoms with Gasteiger partial charge in [-0.3, -0.25) is 19.4 Å². The lowest BCUT2D eigenvalue weighted by atomic mass is 9.89. The third-order valence-electron chi connectivity index (χ3n) is 12.3. The van der Waals surface area contributed by atoms with Crippen molar-refractivity contribution in [2.75, 3.05) is 44.3 Å². The maximum Gasteiger partial charge on any atom is 0.415 e. The van der Waals surface area contributed by atoms with Crippen LogP contribution in [0.4, 0.5) is 16.2 Å². The van der Waals surface area contributed by atoms with E-state index in [1.165, 1.54) is 5.56 Å². The Morgan fingerprint density at radius 1 is 0.700 bits per heavy atom. The van der Waals surface area contributed by atoms with E-state index in [2.05, 4.69) is 29.2 Å². The van der Waals surface area contributed by atoms with Gasteiger partial charge in [0.2, 0.25) is 0 Å². The zero-order valence-corrected chi connectivity index (χ0v) is 34.1. The van der Waals surface area contributed by atoms with Crippen molar-refractivity contribution in [1.82, 2.24) is 19.3 Å². The summed E-state index contributed by atoms with van der Waals surface area (Å²) in [6.45, 7) is 6.94. The number of carbonyl (C=O) groups is 3. The Bertz CT molecular complexity index is 2480. The first-order valence-electron chi connectivity index (χ1n) is 20.8. The minimum absolute atomic E-state index is 0.0654. The van der Waals surface area contributed by atoms with Crippen LogP contribution in [0.1, 0.15) is 48.7 Å². The van der Waals surface area contributed by atoms with Crippen LogP contribution in [0.3, 0.4) is 0 Å². The lowest BCUT2D eigenvalue weighted by Crippen LogP contribution is -2.52. The Hall–Kier alpha value is -6.49. The SMILES string of the molecule is Cc1c(C(=O)N(c2ccccc2)c2ccccc2)cc(-c2cc3c(cc2C(=O)N2Cc4ccccc4C[C@H]2CN2CCOCC2)CN(C(=O)Oc2ccccc2)CC3)n1C. The van der Waals surface area contributed by atoms with Gasteiger partial charge in [-0.2, -0.15) is 0 Å². The van der Waals surface area contributed by atoms with Crippen LogP contribution < -0.4 is 9.64 Å². The van der Waals surface area contributed by atoms with E-state index in [4.69, 9.17) is 9.47 Å². The maximum absolute atomic E-state index is 15.5. The second-order valence-electron chi connectivity index (χ2n) is 15.9. The third-order valence-corrected chi connectivity index (χ3v) is 12.3. The van der Waals surface area contributed by atoms with E-state index in [-0.39, 0.29) is 17.9 Å². The molecule has 10 heteroatoms. The number of aromatic nitrogens is 1. The highest BCUT2D eigenvalue weighted by atomic mass is 16.6. The molecular weight excluding hydrogens is 751 g/mol. The molecule has 304 valence electrons. The van der Waals surface area contributed by atoms with Gasteiger partial charge in [0, 0.05) is 86.2 Å². The Balaban J connectivity index is 1.13. The lowest BCUT2D eigenvalue weighted by molar-refractivity contribution is 0.0193. The molecule has 1 fully saturated rings. The standard InChI is InChI=1S/C50H49N5O5/c1-35-44(49(57)55(40-16-6-3-7-17-40)41-18-8-4-9-19-41)31-47(51(35)2)45-29-37-22-23-53(50(58)60-43-20-10-5-11-21-43)32-39(37)30-46(45)48(56)54-33-38-15-13-12-14-36(38)28-42(54)34-52-24-26-59-27-25-52/h3-21,29-31,42H,22-28,32-34H2,1-2H3/t42-/m0/s1. The highest BCUT2D eigenvalue weighted by Gasteiger charge is 2.35. The molecule has 9 rings (SSSR count). The number of morpholine rings is 1. The van der Waals surface area contributed by atoms with E-state index in [0.29, 0.717) is 56.1 Å². The fourth-order valence-corrected chi connectivity index (χ4v) is 8.87. The van der Waals surface area contributed by atoms with Crippen LogP contribution in [-0.2, 0) is 37.7 Å². The number of carbonyl (C=O) groups excluding carboxylic acids is 3. The van der Waals surface area contributed by atoms with E-state index in [1.54, 1.807) is 21.9 Å². The predicted octanol–water partition coefficient (Wildman–Crippen LogP) is 8.44. The summed E-state index contributed by atoms with van der Waals surface area (Å²) in [5.74, 6) is 0.244. The topological polar surface area (TPSA) is 87.6 Å². The molecule has 0 N–H and O–H groups in total. The molecule has 0 saturated carbocycles. The quantitative estimate of drug-likeness (QED) is 0.154. The van der Waals surface area contributed by atoms with Crippen molar-refractivity contribution in [1.29, 1.82) is 0 Å². The van der Waals surface area contributed by atoms with Gasteiger partial charge < -0.3 is 23.8 Å². The summed E-state index contributed by atoms with van der Waals surface area (Å²) in [6.07, 6.45) is 0.905. The van der Waals surface area contributed by atoms with Gasteiger partial charge in [0.1, 0.15) is 5.75 Å². The molecule has 60 heavy (non-hydrogen) atoms. The van der Waals surface area contributed by atoms with Crippen molar-refractivity contribution in [3.8, 4) is 17.0 Å². The summed E-state index contributed by atoms with van der Waals surface area (Å²) in [5.41, 5.74) is 9.30. The highest BCUT2D eigenvalue weighted by molar-refractivity contribution is 6.12. The van der Waals surface area contributed by atoms with E-state index in [9.17, 15) is 9.59 Å². The van der Waals surface area contributed by atoms with Gasteiger partial charge in [0.15, 0.2) is 0 Å². The molecule has 0 radical (unpaired) electrons. The van der Waals surface area contributed by atoms with Crippen molar-refractivity contribution in [3.05, 3.63) is 173 Å². The molecule has 1 saturated heterocycles. The number of nitrogens with zero attached hydrogens (tertiary/aromatic N) is 5. The molecule has 0 aliphatic carbocycles. The average molecular weight is 800 g/mol. The Morgan fingerprint density at radius 2 is 1.33 bits per heavy atom. The molecule has 3 aliphatic heterocycles. The number of ether oxygens (including phenoxy) is 2. The van der Waals surface area contributed by atoms with Crippen LogP contribution in [-0.4, -0.2) is 82.6 Å². The summed E-state index contributed by atoms with van der Waals surface area (Å²) >= 11 is 0. The number of anilines is 2. The molecule has 0 unspecified atom stereocenters. The fourth-order valence-electron chi connectivity index (χ4n) is 8.87. The predicted molar refractivity (Wildman–Crippen MR) is 233 cm³/mol. The van der Waals surface area contributed by atoms with Crippen molar-refractivity contribution in [3.63, 3.8) is 0 Å². The van der Waals surface area contributed by atoms with Crippen molar-refractivity contribution >= 4 is 29.3 Å². The smallest absolute Gasteiger partial charge is 0.410 e. The molecule has 3 aliphatic rings. The molecular formula is C50H49N5O5. The monoisotopic (exact) mass is 799 g/mol. The van der Waals surface area contributed by atoms with Crippen LogP contribution in [0, 0.1) is 6.92 Å². The van der Waals surface area contributed by atoms with Crippen LogP contribution in [0.15, 0.2) is 133 Å². The van der Waals surface area contributed by atoms with E-state index in [1.807, 2.05) is 121 Å². The van der Waals surface area contributed by atoms with Gasteiger partial charge in [-0.25, -0.2) is 4.79 Å². The summed E-state index contributed by atoms with van der Waals surface area (Å²) in [5, 5.41) is 0. The second kappa shape index (κ2) is 17.0. The number of rotatable bonds is 8. The van der Waals surface area contributed by atoms with Crippen molar-refractivity contribution in [2.45, 2.75) is 38.9 Å². The number of para-hydroxylation sites is 3. The van der Waals surface area contributed by atoms with Gasteiger partial charge in [0.05, 0.1) is 18.8 Å². The second-order valence-corrected chi connectivity index (χ2v) is 15.9. The number of fused-ring (bicyclic) bond motifs is 2. The number of hydrogen-bond acceptors (Lipinski definition) is 6. The molecule has 6 aromatic rings. The van der Waals surface area contributed by atoms with Gasteiger partial charge >= 0.3 is 6.09 Å². The van der Waals surface area contributed by atoms with E-state index < -0.39 is 6.09 Å². The zero-order chi connectivity index (χ0) is 41.2. The molecule has 1 aromatic heterocycles. The van der Waals surface area contributed by atoms with Crippen molar-refractivity contribution < 1.29 is 23.9 Å². The van der Waals surface area contributed by atoms with E-state index >= 15 is 4.79 Å². The molecule has 0 bridgehead atoms. The Kier molecular flexibility index (Phi) is 11.1. The van der Waals surface area contributed by atoms with Gasteiger partial charge in [-0.15, -0.1) is 0 Å².